The molecule has 1 N–H and O–H groups in total. The van der Waals surface area contributed by atoms with Crippen LogP contribution in [0.5, 0.6) is 17.2 Å². The molecule has 0 aliphatic rings. The van der Waals surface area contributed by atoms with Gasteiger partial charge in [0.05, 0.1) is 12.8 Å². The summed E-state index contributed by atoms with van der Waals surface area (Å²) in [7, 11) is 0. The molecule has 0 aliphatic heterocycles. The number of halogens is 1. The molecule has 3 rings (SSSR count). The van der Waals surface area contributed by atoms with Gasteiger partial charge >= 0.3 is 0 Å². The zero-order chi connectivity index (χ0) is 21.2. The van der Waals surface area contributed by atoms with Crippen molar-refractivity contribution in [2.24, 2.45) is 0 Å². The van der Waals surface area contributed by atoms with Crippen LogP contribution in [-0.2, 0) is 11.3 Å². The zero-order valence-corrected chi connectivity index (χ0v) is 16.9. The van der Waals surface area contributed by atoms with Crippen molar-refractivity contribution in [1.82, 2.24) is 10.3 Å². The van der Waals surface area contributed by atoms with Gasteiger partial charge in [0.15, 0.2) is 11.6 Å². The normalized spacial score (nSPS) is 10.5. The zero-order valence-electron chi connectivity index (χ0n) is 16.9. The molecule has 0 fully saturated rings. The summed E-state index contributed by atoms with van der Waals surface area (Å²) in [6.45, 7) is 2.85. The highest BCUT2D eigenvalue weighted by Crippen LogP contribution is 2.24. The number of unbranched alkanes of at least 4 members (excludes halogenated alkanes) is 1. The van der Waals surface area contributed by atoms with Crippen molar-refractivity contribution in [1.29, 1.82) is 0 Å². The summed E-state index contributed by atoms with van der Waals surface area (Å²) >= 11 is 0. The Hall–Kier alpha value is -3.41. The number of aryl methyl sites for hydroxylation is 1. The van der Waals surface area contributed by atoms with E-state index in [0.29, 0.717) is 24.3 Å². The minimum Gasteiger partial charge on any atom is -0.494 e. The number of benzene rings is 2. The predicted octanol–water partition coefficient (Wildman–Crippen LogP) is 5.19. The molecule has 30 heavy (non-hydrogen) atoms. The van der Waals surface area contributed by atoms with E-state index in [-0.39, 0.29) is 18.2 Å². The summed E-state index contributed by atoms with van der Waals surface area (Å²) < 4.78 is 25.4. The van der Waals surface area contributed by atoms with Crippen molar-refractivity contribution in [3.63, 3.8) is 0 Å². The van der Waals surface area contributed by atoms with Gasteiger partial charge < -0.3 is 14.8 Å². The predicted molar refractivity (Wildman–Crippen MR) is 113 cm³/mol. The highest BCUT2D eigenvalue weighted by Gasteiger charge is 2.08. The van der Waals surface area contributed by atoms with Crippen LogP contribution < -0.4 is 14.8 Å². The van der Waals surface area contributed by atoms with Gasteiger partial charge in [0.1, 0.15) is 11.5 Å². The molecular formula is C24H25FN2O3. The monoisotopic (exact) mass is 408 g/mol. The van der Waals surface area contributed by atoms with Gasteiger partial charge in [-0.2, -0.15) is 0 Å². The first-order chi connectivity index (χ1) is 14.6. The van der Waals surface area contributed by atoms with Crippen LogP contribution >= 0.6 is 0 Å². The Morgan fingerprint density at radius 3 is 2.70 bits per heavy atom. The lowest BCUT2D eigenvalue weighted by atomic mass is 10.2. The summed E-state index contributed by atoms with van der Waals surface area (Å²) in [6.07, 6.45) is 5.05. The fraction of sp³-hybridized carbons (Fsp3) is 0.250. The molecule has 0 radical (unpaired) electrons. The van der Waals surface area contributed by atoms with Gasteiger partial charge in [-0.1, -0.05) is 18.2 Å². The fourth-order valence-corrected chi connectivity index (χ4v) is 2.84. The van der Waals surface area contributed by atoms with Gasteiger partial charge in [-0.25, -0.2) is 4.39 Å². The SMILES string of the molecule is Cc1cccc(OCCCCC(=O)NCc2ccc(Oc3cccnc3)c(F)c2)c1. The van der Waals surface area contributed by atoms with E-state index in [1.165, 1.54) is 12.3 Å². The molecular weight excluding hydrogens is 383 g/mol. The number of rotatable bonds is 10. The van der Waals surface area contributed by atoms with Gasteiger partial charge in [0, 0.05) is 19.2 Å². The molecule has 0 spiro atoms. The highest BCUT2D eigenvalue weighted by molar-refractivity contribution is 5.75. The van der Waals surface area contributed by atoms with Crippen LogP contribution in [0, 0.1) is 12.7 Å². The van der Waals surface area contributed by atoms with E-state index >= 15 is 0 Å². The van der Waals surface area contributed by atoms with Crippen molar-refractivity contribution >= 4 is 5.91 Å². The smallest absolute Gasteiger partial charge is 0.220 e. The average molecular weight is 408 g/mol. The van der Waals surface area contributed by atoms with E-state index in [0.717, 1.165) is 24.2 Å². The summed E-state index contributed by atoms with van der Waals surface area (Å²) in [6, 6.07) is 15.9. The van der Waals surface area contributed by atoms with Gasteiger partial charge in [-0.3, -0.25) is 9.78 Å². The van der Waals surface area contributed by atoms with Crippen molar-refractivity contribution in [2.75, 3.05) is 6.61 Å². The van der Waals surface area contributed by atoms with Crippen molar-refractivity contribution in [3.05, 3.63) is 83.9 Å². The van der Waals surface area contributed by atoms with Crippen LogP contribution in [0.1, 0.15) is 30.4 Å². The van der Waals surface area contributed by atoms with Gasteiger partial charge in [0.25, 0.3) is 0 Å². The Kier molecular flexibility index (Phi) is 7.78. The second kappa shape index (κ2) is 11.0. The molecule has 0 aliphatic carbocycles. The van der Waals surface area contributed by atoms with Crippen LogP contribution in [-0.4, -0.2) is 17.5 Å². The molecule has 0 saturated heterocycles. The second-order valence-corrected chi connectivity index (χ2v) is 6.95. The molecule has 6 heteroatoms. The van der Waals surface area contributed by atoms with E-state index in [1.54, 1.807) is 30.5 Å². The van der Waals surface area contributed by atoms with Crippen LogP contribution in [0.25, 0.3) is 0 Å². The lowest BCUT2D eigenvalue weighted by Crippen LogP contribution is -2.22. The Balaban J connectivity index is 1.35. The highest BCUT2D eigenvalue weighted by atomic mass is 19.1. The molecule has 0 unspecified atom stereocenters. The molecule has 1 aromatic heterocycles. The topological polar surface area (TPSA) is 60.5 Å². The average Bonchev–Trinajstić information content (AvgIpc) is 2.74. The molecule has 5 nitrogen and oxygen atoms in total. The minimum atomic E-state index is -0.487. The summed E-state index contributed by atoms with van der Waals surface area (Å²) in [5.74, 6) is 0.869. The van der Waals surface area contributed by atoms with Gasteiger partial charge in [-0.15, -0.1) is 0 Å². The number of pyridine rings is 1. The summed E-state index contributed by atoms with van der Waals surface area (Å²) in [5, 5.41) is 2.81. The maximum absolute atomic E-state index is 14.2. The number of nitrogens with zero attached hydrogens (tertiary/aromatic N) is 1. The summed E-state index contributed by atoms with van der Waals surface area (Å²) in [5.41, 5.74) is 1.82. The third kappa shape index (κ3) is 6.88. The first-order valence-electron chi connectivity index (χ1n) is 9.92. The number of aromatic nitrogens is 1. The molecule has 3 aromatic rings. The Morgan fingerprint density at radius 1 is 1.07 bits per heavy atom. The Labute approximate surface area is 175 Å². The van der Waals surface area contributed by atoms with Gasteiger partial charge in [-0.05, 0) is 67.3 Å². The van der Waals surface area contributed by atoms with Crippen LogP contribution in [0.2, 0.25) is 0 Å². The molecule has 1 amide bonds. The second-order valence-electron chi connectivity index (χ2n) is 6.95. The largest absolute Gasteiger partial charge is 0.494 e. The van der Waals surface area contributed by atoms with E-state index in [1.807, 2.05) is 31.2 Å². The number of ether oxygens (including phenoxy) is 2. The van der Waals surface area contributed by atoms with E-state index < -0.39 is 5.82 Å². The molecule has 2 aromatic carbocycles. The molecule has 0 saturated carbocycles. The molecule has 0 atom stereocenters. The number of nitrogens with one attached hydrogen (secondary N) is 1. The van der Waals surface area contributed by atoms with Crippen molar-refractivity contribution in [2.45, 2.75) is 32.7 Å². The lowest BCUT2D eigenvalue weighted by molar-refractivity contribution is -0.121. The van der Waals surface area contributed by atoms with Crippen LogP contribution in [0.15, 0.2) is 67.0 Å². The quantitative estimate of drug-likeness (QED) is 0.469. The van der Waals surface area contributed by atoms with E-state index in [9.17, 15) is 9.18 Å². The lowest BCUT2D eigenvalue weighted by Gasteiger charge is -2.09. The third-order valence-corrected chi connectivity index (χ3v) is 4.40. The number of carbonyl (C=O) groups is 1. The first-order valence-corrected chi connectivity index (χ1v) is 9.92. The van der Waals surface area contributed by atoms with E-state index in [4.69, 9.17) is 9.47 Å². The minimum absolute atomic E-state index is 0.0679. The Morgan fingerprint density at radius 2 is 1.93 bits per heavy atom. The van der Waals surface area contributed by atoms with Crippen molar-refractivity contribution < 1.29 is 18.7 Å². The van der Waals surface area contributed by atoms with Crippen molar-refractivity contribution in [3.8, 4) is 17.2 Å². The Bertz CT molecular complexity index is 964. The maximum atomic E-state index is 14.2. The van der Waals surface area contributed by atoms with Gasteiger partial charge in [0.2, 0.25) is 5.91 Å². The third-order valence-electron chi connectivity index (χ3n) is 4.40. The number of carbonyl (C=O) groups excluding carboxylic acids is 1. The van der Waals surface area contributed by atoms with E-state index in [2.05, 4.69) is 10.3 Å². The fourth-order valence-electron chi connectivity index (χ4n) is 2.84. The molecule has 1 heterocycles. The number of hydrogen-bond donors (Lipinski definition) is 1. The number of amides is 1. The molecule has 0 bridgehead atoms. The first kappa shape index (κ1) is 21.3. The molecule has 156 valence electrons. The van der Waals surface area contributed by atoms with Crippen LogP contribution in [0.4, 0.5) is 4.39 Å². The summed E-state index contributed by atoms with van der Waals surface area (Å²) in [4.78, 5) is 15.9. The van der Waals surface area contributed by atoms with Crippen LogP contribution in [0.3, 0.4) is 0 Å². The maximum Gasteiger partial charge on any atom is 0.220 e. The standard InChI is InChI=1S/C24H25FN2O3/c1-18-6-4-7-20(14-18)29-13-3-2-9-24(28)27-16-19-10-11-23(22(25)15-19)30-21-8-5-12-26-17-21/h4-8,10-12,14-15,17H,2-3,9,13,16H2,1H3,(H,27,28). The number of hydrogen-bond acceptors (Lipinski definition) is 4.